The van der Waals surface area contributed by atoms with Gasteiger partial charge in [-0.25, -0.2) is 13.4 Å². The van der Waals surface area contributed by atoms with Crippen LogP contribution in [0.5, 0.6) is 5.88 Å². The molecule has 1 amide bonds. The molecule has 3 aromatic rings. The Labute approximate surface area is 185 Å². The zero-order valence-electron chi connectivity index (χ0n) is 17.8. The molecule has 1 fully saturated rings. The van der Waals surface area contributed by atoms with Gasteiger partial charge in [0, 0.05) is 30.7 Å². The van der Waals surface area contributed by atoms with E-state index in [1.54, 1.807) is 17.7 Å². The Morgan fingerprint density at radius 3 is 2.62 bits per heavy atom. The molecular formula is C23H23N3O5S. The highest BCUT2D eigenvalue weighted by Gasteiger charge is 2.30. The van der Waals surface area contributed by atoms with Crippen LogP contribution in [0, 0.1) is 0 Å². The fourth-order valence-electron chi connectivity index (χ4n) is 4.55. The number of amides is 1. The summed E-state index contributed by atoms with van der Waals surface area (Å²) in [5.41, 5.74) is 2.48. The number of aromatic nitrogens is 1. The Balaban J connectivity index is 1.78. The Morgan fingerprint density at radius 1 is 1.16 bits per heavy atom. The van der Waals surface area contributed by atoms with Gasteiger partial charge in [-0.2, -0.15) is 4.31 Å². The van der Waals surface area contributed by atoms with Crippen molar-refractivity contribution < 1.29 is 23.1 Å². The summed E-state index contributed by atoms with van der Waals surface area (Å²) in [4.78, 5) is 17.2. The number of sulfonamides is 1. The Morgan fingerprint density at radius 2 is 1.91 bits per heavy atom. The molecule has 1 N–H and O–H groups in total. The predicted octanol–water partition coefficient (Wildman–Crippen LogP) is 0.826. The van der Waals surface area contributed by atoms with E-state index in [1.165, 1.54) is 16.4 Å². The molecule has 3 heterocycles. The molecule has 0 radical (unpaired) electrons. The normalized spacial score (nSPS) is 17.1. The number of nitrogens with zero attached hydrogens (tertiary/aromatic N) is 3. The van der Waals surface area contributed by atoms with Crippen molar-refractivity contribution in [3.05, 3.63) is 58.1 Å². The first-order valence-electron chi connectivity index (χ1n) is 10.5. The topological polar surface area (TPSA) is 101 Å². The van der Waals surface area contributed by atoms with Crippen LogP contribution < -0.4 is 10.6 Å². The summed E-state index contributed by atoms with van der Waals surface area (Å²) in [6, 6.07) is 10.2. The minimum absolute atomic E-state index is 0.0475. The van der Waals surface area contributed by atoms with Gasteiger partial charge in [0.05, 0.1) is 40.1 Å². The number of rotatable bonds is 4. The maximum atomic E-state index is 13.2. The van der Waals surface area contributed by atoms with E-state index >= 15 is 0 Å². The van der Waals surface area contributed by atoms with Crippen molar-refractivity contribution in [3.8, 4) is 5.88 Å². The van der Waals surface area contributed by atoms with Crippen LogP contribution in [0.1, 0.15) is 18.1 Å². The number of carbonyl (C=O) groups excluding carboxylic acids is 1. The van der Waals surface area contributed by atoms with Crippen molar-refractivity contribution in [2.75, 3.05) is 26.3 Å². The lowest BCUT2D eigenvalue weighted by atomic mass is 10.00. The summed E-state index contributed by atoms with van der Waals surface area (Å²) in [5, 5.41) is 12.5. The van der Waals surface area contributed by atoms with E-state index in [1.807, 2.05) is 25.1 Å². The minimum Gasteiger partial charge on any atom is -0.494 e. The molecule has 0 aliphatic carbocycles. The van der Waals surface area contributed by atoms with E-state index in [0.29, 0.717) is 29.4 Å². The smallest absolute Gasteiger partial charge is 0.279 e. The summed E-state index contributed by atoms with van der Waals surface area (Å²) in [7, 11) is -2.00. The molecule has 2 aliphatic heterocycles. The number of fused-ring (bicyclic) bond motifs is 2. The van der Waals surface area contributed by atoms with Gasteiger partial charge >= 0.3 is 0 Å². The quantitative estimate of drug-likeness (QED) is 0.631. The molecule has 0 spiro atoms. The van der Waals surface area contributed by atoms with Gasteiger partial charge in [-0.15, -0.1) is 0 Å². The Hall–Kier alpha value is -3.01. The lowest BCUT2D eigenvalue weighted by Crippen LogP contribution is -2.41. The highest BCUT2D eigenvalue weighted by molar-refractivity contribution is 7.89. The number of ether oxygens (including phenoxy) is 1. The number of hydrogen-bond acceptors (Lipinski definition) is 5. The lowest BCUT2D eigenvalue weighted by Gasteiger charge is -2.26. The van der Waals surface area contributed by atoms with E-state index in [9.17, 15) is 18.3 Å². The summed E-state index contributed by atoms with van der Waals surface area (Å²) < 4.78 is 34.7. The SMILES string of the molecule is CCc1cccc2c(C3=c4cc(S(=O)(=O)N5CCOCC5)ccc4=NC3=O)c(O)n(C)c12. The summed E-state index contributed by atoms with van der Waals surface area (Å²) in [5.74, 6) is -0.542. The number of para-hydroxylation sites is 1. The van der Waals surface area contributed by atoms with Gasteiger partial charge in [-0.05, 0) is 30.2 Å². The van der Waals surface area contributed by atoms with Gasteiger partial charge < -0.3 is 14.4 Å². The van der Waals surface area contributed by atoms with E-state index in [-0.39, 0.29) is 29.4 Å². The van der Waals surface area contributed by atoms with E-state index in [0.717, 1.165) is 22.9 Å². The van der Waals surface area contributed by atoms with E-state index in [2.05, 4.69) is 4.99 Å². The average Bonchev–Trinajstić information content (AvgIpc) is 3.26. The molecule has 166 valence electrons. The second kappa shape index (κ2) is 7.54. The second-order valence-corrected chi connectivity index (χ2v) is 9.85. The third kappa shape index (κ3) is 3.00. The molecule has 1 saturated heterocycles. The number of morpholine rings is 1. The van der Waals surface area contributed by atoms with Crippen molar-refractivity contribution >= 4 is 32.4 Å². The van der Waals surface area contributed by atoms with Gasteiger partial charge in [-0.3, -0.25) is 4.79 Å². The van der Waals surface area contributed by atoms with Crippen LogP contribution in [0.25, 0.3) is 16.5 Å². The Bertz CT molecular complexity index is 1500. The third-order valence-electron chi connectivity index (χ3n) is 6.18. The molecule has 8 nitrogen and oxygen atoms in total. The van der Waals surface area contributed by atoms with Crippen LogP contribution in [-0.4, -0.2) is 54.6 Å². The second-order valence-electron chi connectivity index (χ2n) is 7.91. The molecule has 1 aromatic heterocycles. The summed E-state index contributed by atoms with van der Waals surface area (Å²) in [6.07, 6.45) is 0.764. The summed E-state index contributed by atoms with van der Waals surface area (Å²) in [6.45, 7) is 3.28. The van der Waals surface area contributed by atoms with E-state index in [4.69, 9.17) is 4.74 Å². The fourth-order valence-corrected chi connectivity index (χ4v) is 5.98. The fraction of sp³-hybridized carbons (Fsp3) is 0.304. The number of benzene rings is 2. The number of carbonyl (C=O) groups is 1. The highest BCUT2D eigenvalue weighted by Crippen LogP contribution is 2.37. The highest BCUT2D eigenvalue weighted by atomic mass is 32.2. The van der Waals surface area contributed by atoms with Crippen LogP contribution in [0.3, 0.4) is 0 Å². The van der Waals surface area contributed by atoms with E-state index < -0.39 is 15.9 Å². The molecule has 0 saturated carbocycles. The zero-order chi connectivity index (χ0) is 22.6. The molecule has 2 aliphatic rings. The van der Waals surface area contributed by atoms with Crippen LogP contribution in [-0.2, 0) is 33.0 Å². The Kier molecular flexibility index (Phi) is 4.92. The number of aromatic hydroxyl groups is 1. The molecule has 0 unspecified atom stereocenters. The van der Waals surface area contributed by atoms with Crippen molar-refractivity contribution in [1.82, 2.24) is 8.87 Å². The van der Waals surface area contributed by atoms with Crippen molar-refractivity contribution in [2.24, 2.45) is 12.0 Å². The van der Waals surface area contributed by atoms with Gasteiger partial charge in [0.1, 0.15) is 0 Å². The monoisotopic (exact) mass is 453 g/mol. The van der Waals surface area contributed by atoms with Gasteiger partial charge in [0.25, 0.3) is 5.91 Å². The van der Waals surface area contributed by atoms with Crippen molar-refractivity contribution in [1.29, 1.82) is 0 Å². The average molecular weight is 454 g/mol. The lowest BCUT2D eigenvalue weighted by molar-refractivity contribution is -0.112. The predicted molar refractivity (Wildman–Crippen MR) is 118 cm³/mol. The summed E-state index contributed by atoms with van der Waals surface area (Å²) >= 11 is 0. The minimum atomic E-state index is -3.75. The third-order valence-corrected chi connectivity index (χ3v) is 8.07. The molecule has 32 heavy (non-hydrogen) atoms. The van der Waals surface area contributed by atoms with Crippen molar-refractivity contribution in [2.45, 2.75) is 18.2 Å². The first-order chi connectivity index (χ1) is 15.3. The maximum Gasteiger partial charge on any atom is 0.279 e. The van der Waals surface area contributed by atoms with Crippen LogP contribution in [0.2, 0.25) is 0 Å². The first kappa shape index (κ1) is 20.9. The van der Waals surface area contributed by atoms with Gasteiger partial charge in [0.15, 0.2) is 5.88 Å². The van der Waals surface area contributed by atoms with Gasteiger partial charge in [-0.1, -0.05) is 25.1 Å². The molecule has 5 rings (SSSR count). The van der Waals surface area contributed by atoms with Crippen LogP contribution in [0.4, 0.5) is 0 Å². The number of hydrogen-bond donors (Lipinski definition) is 1. The molecule has 0 atom stereocenters. The van der Waals surface area contributed by atoms with Crippen LogP contribution >= 0.6 is 0 Å². The van der Waals surface area contributed by atoms with Gasteiger partial charge in [0.2, 0.25) is 10.0 Å². The van der Waals surface area contributed by atoms with Crippen molar-refractivity contribution in [3.63, 3.8) is 0 Å². The zero-order valence-corrected chi connectivity index (χ0v) is 18.6. The standard InChI is InChI=1S/C23H23N3O5S/c1-3-14-5-4-6-16-20(23(28)25(2)21(14)16)19-17-13-15(7-8-18(17)24-22(19)27)32(29,30)26-9-11-31-12-10-26/h4-8,13,28H,3,9-12H2,1-2H3. The molecule has 9 heteroatoms. The molecule has 0 bridgehead atoms. The molecular weight excluding hydrogens is 430 g/mol. The number of aryl methyl sites for hydroxylation is 2. The largest absolute Gasteiger partial charge is 0.494 e. The molecule has 2 aromatic carbocycles. The first-order valence-corrected chi connectivity index (χ1v) is 11.9. The maximum absolute atomic E-state index is 13.2. The van der Waals surface area contributed by atoms with Crippen LogP contribution in [0.15, 0.2) is 46.3 Å².